The van der Waals surface area contributed by atoms with Gasteiger partial charge < -0.3 is 25.0 Å². The van der Waals surface area contributed by atoms with Gasteiger partial charge in [0.05, 0.1) is 25.8 Å². The highest BCUT2D eigenvalue weighted by atomic mass is 16.5. The van der Waals surface area contributed by atoms with Crippen molar-refractivity contribution in [3.05, 3.63) is 54.1 Å². The zero-order valence-electron chi connectivity index (χ0n) is 18.1. The van der Waals surface area contributed by atoms with Gasteiger partial charge in [-0.05, 0) is 42.7 Å². The van der Waals surface area contributed by atoms with Crippen LogP contribution in [0.15, 0.2) is 48.5 Å². The molecule has 0 saturated carbocycles. The number of rotatable bonds is 5. The van der Waals surface area contributed by atoms with Crippen LogP contribution in [0, 0.1) is 0 Å². The number of nitrogens with one attached hydrogen (secondary N) is 1. The Hall–Kier alpha value is -3.06. The van der Waals surface area contributed by atoms with Crippen LogP contribution in [0.1, 0.15) is 25.3 Å². The van der Waals surface area contributed by atoms with Crippen molar-refractivity contribution in [1.29, 1.82) is 0 Å². The number of hydrogen-bond acceptors (Lipinski definition) is 4. The van der Waals surface area contributed by atoms with Crippen LogP contribution in [-0.4, -0.2) is 71.8 Å². The Labute approximate surface area is 182 Å². The Bertz CT molecular complexity index is 960. The first-order valence-corrected chi connectivity index (χ1v) is 10.6. The number of amides is 3. The van der Waals surface area contributed by atoms with Crippen molar-refractivity contribution in [2.45, 2.75) is 37.9 Å². The highest BCUT2D eigenvalue weighted by Crippen LogP contribution is 2.43. The fourth-order valence-electron chi connectivity index (χ4n) is 4.69. The molecule has 2 N–H and O–H groups in total. The van der Waals surface area contributed by atoms with Crippen molar-refractivity contribution in [2.24, 2.45) is 0 Å². The average Bonchev–Trinajstić information content (AvgIpc) is 2.75. The van der Waals surface area contributed by atoms with Crippen molar-refractivity contribution in [2.75, 3.05) is 26.8 Å². The molecule has 4 rings (SSSR count). The number of nitrogens with zero attached hydrogens (tertiary/aromatic N) is 2. The van der Waals surface area contributed by atoms with E-state index in [0.717, 1.165) is 22.4 Å². The van der Waals surface area contributed by atoms with Crippen molar-refractivity contribution < 1.29 is 19.4 Å². The van der Waals surface area contributed by atoms with Crippen LogP contribution in [0.2, 0.25) is 0 Å². The van der Waals surface area contributed by atoms with E-state index in [2.05, 4.69) is 29.6 Å². The third-order valence-corrected chi connectivity index (χ3v) is 6.15. The molecule has 31 heavy (non-hydrogen) atoms. The Morgan fingerprint density at radius 2 is 1.94 bits per heavy atom. The molecule has 0 spiro atoms. The van der Waals surface area contributed by atoms with Gasteiger partial charge in [0.15, 0.2) is 0 Å². The summed E-state index contributed by atoms with van der Waals surface area (Å²) in [5.41, 5.74) is 3.19. The Balaban J connectivity index is 1.55. The minimum Gasteiger partial charge on any atom is -0.497 e. The minimum atomic E-state index is -0.254. The number of benzene rings is 2. The summed E-state index contributed by atoms with van der Waals surface area (Å²) in [6.07, 6.45) is 0. The predicted octanol–water partition coefficient (Wildman–Crippen LogP) is 2.45. The first-order valence-electron chi connectivity index (χ1n) is 10.6. The number of urea groups is 1. The van der Waals surface area contributed by atoms with Gasteiger partial charge in [-0.3, -0.25) is 4.79 Å². The number of ether oxygens (including phenoxy) is 1. The quantitative estimate of drug-likeness (QED) is 0.774. The van der Waals surface area contributed by atoms with Crippen molar-refractivity contribution >= 4 is 11.9 Å². The maximum absolute atomic E-state index is 12.7. The van der Waals surface area contributed by atoms with Gasteiger partial charge in [0.2, 0.25) is 5.91 Å². The van der Waals surface area contributed by atoms with E-state index in [1.165, 1.54) is 0 Å². The van der Waals surface area contributed by atoms with Gasteiger partial charge in [0.25, 0.3) is 0 Å². The van der Waals surface area contributed by atoms with Crippen LogP contribution in [0.5, 0.6) is 5.75 Å². The zero-order valence-corrected chi connectivity index (χ0v) is 18.1. The van der Waals surface area contributed by atoms with Gasteiger partial charge in [0.1, 0.15) is 12.3 Å². The van der Waals surface area contributed by atoms with Crippen LogP contribution >= 0.6 is 0 Å². The number of fused-ring (bicyclic) bond motifs is 1. The summed E-state index contributed by atoms with van der Waals surface area (Å²) in [6.45, 7) is 4.21. The number of aliphatic hydroxyl groups excluding tert-OH is 1. The van der Waals surface area contributed by atoms with E-state index in [0.29, 0.717) is 6.54 Å². The molecule has 2 aromatic rings. The van der Waals surface area contributed by atoms with Crippen LogP contribution in [0.3, 0.4) is 0 Å². The molecule has 2 aliphatic heterocycles. The predicted molar refractivity (Wildman–Crippen MR) is 118 cm³/mol. The van der Waals surface area contributed by atoms with Crippen LogP contribution < -0.4 is 10.1 Å². The summed E-state index contributed by atoms with van der Waals surface area (Å²) in [5.74, 6) is 0.679. The second kappa shape index (κ2) is 8.59. The summed E-state index contributed by atoms with van der Waals surface area (Å²) in [5, 5.41) is 12.8. The monoisotopic (exact) mass is 423 g/mol. The first-order chi connectivity index (χ1) is 14.9. The first kappa shape index (κ1) is 21.2. The topological polar surface area (TPSA) is 82.1 Å². The Morgan fingerprint density at radius 3 is 2.58 bits per heavy atom. The van der Waals surface area contributed by atoms with Crippen molar-refractivity contribution in [3.8, 4) is 16.9 Å². The van der Waals surface area contributed by atoms with E-state index in [4.69, 9.17) is 4.74 Å². The van der Waals surface area contributed by atoms with Gasteiger partial charge in [-0.25, -0.2) is 4.79 Å². The normalized spacial score (nSPS) is 22.7. The van der Waals surface area contributed by atoms with Gasteiger partial charge in [0, 0.05) is 18.5 Å². The second-order valence-electron chi connectivity index (χ2n) is 8.48. The lowest BCUT2D eigenvalue weighted by atomic mass is 9.73. The Kier molecular flexibility index (Phi) is 5.87. The highest BCUT2D eigenvalue weighted by Gasteiger charge is 2.54. The molecule has 2 heterocycles. The van der Waals surface area contributed by atoms with Crippen molar-refractivity contribution in [3.63, 3.8) is 0 Å². The lowest BCUT2D eigenvalue weighted by Crippen LogP contribution is -2.74. The number of carbonyl (C=O) groups excluding carboxylic acids is 2. The molecule has 7 nitrogen and oxygen atoms in total. The van der Waals surface area contributed by atoms with E-state index in [1.54, 1.807) is 16.9 Å². The summed E-state index contributed by atoms with van der Waals surface area (Å²) >= 11 is 0. The molecule has 0 unspecified atom stereocenters. The molecule has 3 amide bonds. The third-order valence-electron chi connectivity index (χ3n) is 6.15. The maximum atomic E-state index is 12.7. The summed E-state index contributed by atoms with van der Waals surface area (Å²) in [7, 11) is 1.65. The van der Waals surface area contributed by atoms with Crippen LogP contribution in [0.4, 0.5) is 4.79 Å². The number of methoxy groups -OCH3 is 1. The number of hydrogen-bond donors (Lipinski definition) is 2. The van der Waals surface area contributed by atoms with Gasteiger partial charge >= 0.3 is 6.03 Å². The largest absolute Gasteiger partial charge is 0.497 e. The molecule has 0 aromatic heterocycles. The van der Waals surface area contributed by atoms with Gasteiger partial charge in [-0.2, -0.15) is 0 Å². The average molecular weight is 424 g/mol. The molecular formula is C24H29N3O4. The fourth-order valence-corrected chi connectivity index (χ4v) is 4.69. The number of piperazine rings is 1. The Morgan fingerprint density at radius 1 is 1.19 bits per heavy atom. The van der Waals surface area contributed by atoms with E-state index >= 15 is 0 Å². The standard InChI is InChI=1S/C24H29N3O4/c1-15(2)25-24(30)26-12-20-23(21(14-28)27(20)22(29)13-26)17-9-7-16(8-10-17)18-5-4-6-19(11-18)31-3/h4-11,15,20-21,23,28H,12-14H2,1-3H3,(H,25,30)/t20-,21-,23+/m0/s1. The molecule has 0 aliphatic carbocycles. The smallest absolute Gasteiger partial charge is 0.318 e. The fraction of sp³-hybridized carbons (Fsp3) is 0.417. The zero-order chi connectivity index (χ0) is 22.1. The SMILES string of the molecule is COc1cccc(-c2ccc([C@H]3[C@H](CO)N4C(=O)CN(C(=O)NC(C)C)C[C@@H]34)cc2)c1. The molecule has 7 heteroatoms. The number of aliphatic hydroxyl groups is 1. The van der Waals surface area contributed by atoms with Gasteiger partial charge in [-0.1, -0.05) is 36.4 Å². The van der Waals surface area contributed by atoms with Crippen LogP contribution in [0.25, 0.3) is 11.1 Å². The molecule has 2 aromatic carbocycles. The number of carbonyl (C=O) groups is 2. The molecule has 0 bridgehead atoms. The maximum Gasteiger partial charge on any atom is 0.318 e. The van der Waals surface area contributed by atoms with Crippen LogP contribution in [-0.2, 0) is 4.79 Å². The highest BCUT2D eigenvalue weighted by molar-refractivity contribution is 5.87. The summed E-state index contributed by atoms with van der Waals surface area (Å²) in [4.78, 5) is 28.5. The molecule has 2 saturated heterocycles. The van der Waals surface area contributed by atoms with Crippen molar-refractivity contribution in [1.82, 2.24) is 15.1 Å². The molecular weight excluding hydrogens is 394 g/mol. The van der Waals surface area contributed by atoms with E-state index in [-0.39, 0.29) is 49.1 Å². The lowest BCUT2D eigenvalue weighted by Gasteiger charge is -2.58. The molecule has 2 aliphatic rings. The minimum absolute atomic E-state index is 0.00663. The molecule has 164 valence electrons. The molecule has 0 radical (unpaired) electrons. The van der Waals surface area contributed by atoms with Gasteiger partial charge in [-0.15, -0.1) is 0 Å². The third kappa shape index (κ3) is 3.97. The summed E-state index contributed by atoms with van der Waals surface area (Å²) in [6, 6.07) is 15.5. The summed E-state index contributed by atoms with van der Waals surface area (Å²) < 4.78 is 5.31. The van der Waals surface area contributed by atoms with E-state index < -0.39 is 0 Å². The van der Waals surface area contributed by atoms with E-state index in [1.807, 2.05) is 38.1 Å². The van der Waals surface area contributed by atoms with E-state index in [9.17, 15) is 14.7 Å². The molecule has 3 atom stereocenters. The molecule has 2 fully saturated rings. The lowest BCUT2D eigenvalue weighted by molar-refractivity contribution is -0.159. The second-order valence-corrected chi connectivity index (χ2v) is 8.48.